The number of ether oxygens (including phenoxy) is 1. The Morgan fingerprint density at radius 3 is 2.67 bits per heavy atom. The molecular weight excluding hydrogens is 435 g/mol. The van der Waals surface area contributed by atoms with Crippen LogP contribution in [0.5, 0.6) is 17.2 Å². The molecule has 0 bridgehead atoms. The largest absolute Gasteiger partial charge is 0.507 e. The number of rotatable bonds is 4. The standard InChI is InChI=1S/C25H26F3NO4/c1-14-6-7-16(3)20(11-14)32-23-21(31)17-8-9-19(30)18(13-29-10-4-5-15(2)12-29)22(17)33-24(23)25(26,27)28/h6-9,11,15,30H,4-5,10,12-13H2,1-3H3/t15-/m1/s1. The van der Waals surface area contributed by atoms with Crippen molar-refractivity contribution in [2.75, 3.05) is 13.1 Å². The second kappa shape index (κ2) is 8.74. The summed E-state index contributed by atoms with van der Waals surface area (Å²) in [6.07, 6.45) is -2.94. The van der Waals surface area contributed by atoms with Gasteiger partial charge in [0.1, 0.15) is 17.1 Å². The zero-order chi connectivity index (χ0) is 23.9. The van der Waals surface area contributed by atoms with E-state index in [1.165, 1.54) is 12.1 Å². The number of hydrogen-bond acceptors (Lipinski definition) is 5. The summed E-state index contributed by atoms with van der Waals surface area (Å²) in [5, 5.41) is 10.4. The maximum Gasteiger partial charge on any atom is 0.453 e. The number of piperidine rings is 1. The number of alkyl halides is 3. The van der Waals surface area contributed by atoms with Crippen LogP contribution in [0.1, 0.15) is 42.2 Å². The molecule has 0 unspecified atom stereocenters. The van der Waals surface area contributed by atoms with E-state index in [2.05, 4.69) is 11.8 Å². The minimum atomic E-state index is -4.97. The van der Waals surface area contributed by atoms with Gasteiger partial charge in [-0.15, -0.1) is 0 Å². The Labute approximate surface area is 189 Å². The van der Waals surface area contributed by atoms with Gasteiger partial charge >= 0.3 is 6.18 Å². The Hall–Kier alpha value is -3.00. The van der Waals surface area contributed by atoms with Crippen molar-refractivity contribution in [2.24, 2.45) is 5.92 Å². The average Bonchev–Trinajstić information content (AvgIpc) is 2.73. The molecule has 0 aliphatic carbocycles. The molecule has 1 atom stereocenters. The Kier molecular flexibility index (Phi) is 6.14. The van der Waals surface area contributed by atoms with Gasteiger partial charge in [-0.1, -0.05) is 19.1 Å². The van der Waals surface area contributed by atoms with Gasteiger partial charge in [0, 0.05) is 13.1 Å². The molecule has 5 nitrogen and oxygen atoms in total. The van der Waals surface area contributed by atoms with Gasteiger partial charge in [0.15, 0.2) is 0 Å². The highest BCUT2D eigenvalue weighted by Crippen LogP contribution is 2.40. The molecule has 33 heavy (non-hydrogen) atoms. The second-order valence-corrected chi connectivity index (χ2v) is 8.88. The van der Waals surface area contributed by atoms with Crippen LogP contribution >= 0.6 is 0 Å². The van der Waals surface area contributed by atoms with E-state index in [0.717, 1.165) is 31.5 Å². The van der Waals surface area contributed by atoms with Crippen LogP contribution in [0.2, 0.25) is 0 Å². The molecule has 176 valence electrons. The summed E-state index contributed by atoms with van der Waals surface area (Å²) in [7, 11) is 0. The maximum atomic E-state index is 14.0. The predicted molar refractivity (Wildman–Crippen MR) is 119 cm³/mol. The molecular formula is C25H26F3NO4. The zero-order valence-electron chi connectivity index (χ0n) is 18.8. The van der Waals surface area contributed by atoms with Gasteiger partial charge in [-0.25, -0.2) is 0 Å². The number of aromatic hydroxyl groups is 1. The van der Waals surface area contributed by atoms with Crippen LogP contribution in [0.3, 0.4) is 0 Å². The molecule has 1 aromatic heterocycles. The first-order valence-electron chi connectivity index (χ1n) is 10.9. The molecule has 1 fully saturated rings. The summed E-state index contributed by atoms with van der Waals surface area (Å²) in [6.45, 7) is 7.25. The fourth-order valence-corrected chi connectivity index (χ4v) is 4.30. The first kappa shape index (κ1) is 23.2. The number of hydrogen-bond donors (Lipinski definition) is 1. The van der Waals surface area contributed by atoms with E-state index >= 15 is 0 Å². The number of phenols is 1. The third kappa shape index (κ3) is 4.71. The molecule has 0 amide bonds. The Morgan fingerprint density at radius 2 is 1.97 bits per heavy atom. The van der Waals surface area contributed by atoms with Crippen molar-refractivity contribution in [2.45, 2.75) is 46.3 Å². The van der Waals surface area contributed by atoms with E-state index in [9.17, 15) is 23.1 Å². The lowest BCUT2D eigenvalue weighted by Gasteiger charge is -2.31. The number of likely N-dealkylation sites (tertiary alicyclic amines) is 1. The highest BCUT2D eigenvalue weighted by atomic mass is 19.4. The monoisotopic (exact) mass is 461 g/mol. The van der Waals surface area contributed by atoms with E-state index in [-0.39, 0.29) is 34.6 Å². The van der Waals surface area contributed by atoms with Crippen molar-refractivity contribution in [1.29, 1.82) is 0 Å². The van der Waals surface area contributed by atoms with Crippen LogP contribution in [-0.4, -0.2) is 23.1 Å². The molecule has 1 N–H and O–H groups in total. The van der Waals surface area contributed by atoms with Gasteiger partial charge in [-0.3, -0.25) is 9.69 Å². The molecule has 0 radical (unpaired) electrons. The summed E-state index contributed by atoms with van der Waals surface area (Å²) in [5.74, 6) is -2.05. The lowest BCUT2D eigenvalue weighted by Crippen LogP contribution is -2.33. The molecule has 1 aliphatic rings. The number of halogens is 3. The van der Waals surface area contributed by atoms with Gasteiger partial charge in [-0.2, -0.15) is 13.2 Å². The van der Waals surface area contributed by atoms with Crippen molar-refractivity contribution in [3.05, 3.63) is 63.0 Å². The third-order valence-corrected chi connectivity index (χ3v) is 6.03. The molecule has 4 rings (SSSR count). The van der Waals surface area contributed by atoms with Crippen LogP contribution in [0.25, 0.3) is 11.0 Å². The van der Waals surface area contributed by atoms with Crippen molar-refractivity contribution in [3.63, 3.8) is 0 Å². The molecule has 0 spiro atoms. The first-order chi connectivity index (χ1) is 15.5. The topological polar surface area (TPSA) is 62.9 Å². The number of aryl methyl sites for hydroxylation is 2. The van der Waals surface area contributed by atoms with Crippen molar-refractivity contribution >= 4 is 11.0 Å². The van der Waals surface area contributed by atoms with E-state index in [4.69, 9.17) is 9.15 Å². The molecule has 1 aliphatic heterocycles. The number of nitrogens with zero attached hydrogens (tertiary/aromatic N) is 1. The first-order valence-corrected chi connectivity index (χ1v) is 10.9. The molecule has 0 saturated carbocycles. The summed E-state index contributed by atoms with van der Waals surface area (Å²) in [4.78, 5) is 15.3. The van der Waals surface area contributed by atoms with Crippen molar-refractivity contribution in [3.8, 4) is 17.2 Å². The fourth-order valence-electron chi connectivity index (χ4n) is 4.30. The lowest BCUT2D eigenvalue weighted by atomic mass is 9.99. The van der Waals surface area contributed by atoms with E-state index < -0.39 is 23.1 Å². The van der Waals surface area contributed by atoms with Crippen LogP contribution in [0, 0.1) is 19.8 Å². The van der Waals surface area contributed by atoms with Crippen molar-refractivity contribution in [1.82, 2.24) is 4.90 Å². The quantitative estimate of drug-likeness (QED) is 0.504. The SMILES string of the molecule is Cc1ccc(C)c(Oc2c(C(F)(F)F)oc3c(CN4CCC[C@@H](C)C4)c(O)ccc3c2=O)c1. The second-order valence-electron chi connectivity index (χ2n) is 8.88. The van der Waals surface area contributed by atoms with Crippen molar-refractivity contribution < 1.29 is 27.4 Å². The molecule has 3 aromatic rings. The van der Waals surface area contributed by atoms with E-state index in [1.807, 2.05) is 0 Å². The maximum absolute atomic E-state index is 14.0. The fraction of sp³-hybridized carbons (Fsp3) is 0.400. The summed E-state index contributed by atoms with van der Waals surface area (Å²) < 4.78 is 52.8. The average molecular weight is 461 g/mol. The number of fused-ring (bicyclic) bond motifs is 1. The van der Waals surface area contributed by atoms with Crippen LogP contribution in [-0.2, 0) is 12.7 Å². The van der Waals surface area contributed by atoms with Gasteiger partial charge in [0.25, 0.3) is 5.76 Å². The minimum Gasteiger partial charge on any atom is -0.507 e. The number of phenolic OH excluding ortho intramolecular Hbond substituents is 1. The van der Waals surface area contributed by atoms with Gasteiger partial charge in [-0.05, 0) is 68.5 Å². The highest BCUT2D eigenvalue weighted by molar-refractivity contribution is 5.83. The third-order valence-electron chi connectivity index (χ3n) is 6.03. The highest BCUT2D eigenvalue weighted by Gasteiger charge is 2.41. The summed E-state index contributed by atoms with van der Waals surface area (Å²) in [6, 6.07) is 7.66. The van der Waals surface area contributed by atoms with E-state index in [1.54, 1.807) is 32.0 Å². The van der Waals surface area contributed by atoms with Crippen LogP contribution in [0.15, 0.2) is 39.5 Å². The Balaban J connectivity index is 1.88. The Bertz CT molecular complexity index is 1250. The molecule has 1 saturated heterocycles. The van der Waals surface area contributed by atoms with Gasteiger partial charge in [0.2, 0.25) is 11.2 Å². The van der Waals surface area contributed by atoms with Crippen LogP contribution < -0.4 is 10.2 Å². The molecule has 2 aromatic carbocycles. The van der Waals surface area contributed by atoms with Gasteiger partial charge < -0.3 is 14.3 Å². The zero-order valence-corrected chi connectivity index (χ0v) is 18.8. The minimum absolute atomic E-state index is 0.0684. The van der Waals surface area contributed by atoms with Crippen LogP contribution in [0.4, 0.5) is 13.2 Å². The normalized spacial score (nSPS) is 17.5. The number of benzene rings is 2. The Morgan fingerprint density at radius 1 is 1.21 bits per heavy atom. The smallest absolute Gasteiger partial charge is 0.453 e. The molecule has 8 heteroatoms. The lowest BCUT2D eigenvalue weighted by molar-refractivity contribution is -0.154. The van der Waals surface area contributed by atoms with E-state index in [0.29, 0.717) is 11.5 Å². The summed E-state index contributed by atoms with van der Waals surface area (Å²) in [5.41, 5.74) is 0.329. The summed E-state index contributed by atoms with van der Waals surface area (Å²) >= 11 is 0. The predicted octanol–water partition coefficient (Wildman–Crippen LogP) is 6.16. The van der Waals surface area contributed by atoms with Gasteiger partial charge in [0.05, 0.1) is 10.9 Å². The molecule has 2 heterocycles.